The molecule has 15 heavy (non-hydrogen) atoms. The molecule has 0 bridgehead atoms. The standard InChI is InChI=1S/C8H8N2O3PS/c11-14(12,13)15-8-5-9-6-3-1-2-4-7(6)10-8/h1-5,11-13H/q+1. The van der Waals surface area contributed by atoms with Crippen molar-refractivity contribution in [3.8, 4) is 0 Å². The molecule has 78 valence electrons. The van der Waals surface area contributed by atoms with E-state index in [2.05, 4.69) is 9.97 Å². The largest absolute Gasteiger partial charge is 0.523 e. The zero-order valence-electron chi connectivity index (χ0n) is 7.48. The Hall–Kier alpha value is -0.910. The van der Waals surface area contributed by atoms with Crippen molar-refractivity contribution in [1.29, 1.82) is 0 Å². The van der Waals surface area contributed by atoms with Crippen LogP contribution in [-0.4, -0.2) is 24.6 Å². The van der Waals surface area contributed by atoms with Crippen LogP contribution in [-0.2, 0) is 10.9 Å². The van der Waals surface area contributed by atoms with Crippen molar-refractivity contribution in [2.45, 2.75) is 5.03 Å². The quantitative estimate of drug-likeness (QED) is 0.507. The Morgan fingerprint density at radius 2 is 1.73 bits per heavy atom. The van der Waals surface area contributed by atoms with Gasteiger partial charge in [0.2, 0.25) is 0 Å². The summed E-state index contributed by atoms with van der Waals surface area (Å²) < 4.78 is 0. The van der Waals surface area contributed by atoms with Gasteiger partial charge in [0.05, 0.1) is 11.0 Å². The third-order valence-corrected chi connectivity index (χ3v) is 3.57. The monoisotopic (exact) mass is 243 g/mol. The van der Waals surface area contributed by atoms with Crippen LogP contribution in [0.4, 0.5) is 0 Å². The van der Waals surface area contributed by atoms with Gasteiger partial charge in [-0.05, 0) is 12.1 Å². The molecule has 0 fully saturated rings. The molecule has 1 aromatic carbocycles. The lowest BCUT2D eigenvalue weighted by Gasteiger charge is -1.92. The molecule has 2 aromatic rings. The number of hydrogen-bond donors (Lipinski definition) is 3. The number of benzene rings is 1. The molecule has 0 aliphatic rings. The Labute approximate surface area is 89.3 Å². The summed E-state index contributed by atoms with van der Waals surface area (Å²) in [5.41, 5.74) is 1.37. The maximum absolute atomic E-state index is 8.86. The summed E-state index contributed by atoms with van der Waals surface area (Å²) in [6, 6.07) is 7.21. The van der Waals surface area contributed by atoms with E-state index in [4.69, 9.17) is 14.7 Å². The van der Waals surface area contributed by atoms with Crippen LogP contribution in [0, 0.1) is 0 Å². The predicted octanol–water partition coefficient (Wildman–Crippen LogP) is 0.726. The van der Waals surface area contributed by atoms with Gasteiger partial charge in [0.25, 0.3) is 0 Å². The molecular weight excluding hydrogens is 235 g/mol. The summed E-state index contributed by atoms with van der Waals surface area (Å²) in [5, 5.41) is 0.287. The molecule has 5 nitrogen and oxygen atoms in total. The second-order valence-electron chi connectivity index (χ2n) is 2.80. The number of para-hydroxylation sites is 2. The topological polar surface area (TPSA) is 86.5 Å². The molecule has 0 saturated carbocycles. The summed E-state index contributed by atoms with van der Waals surface area (Å²) in [4.78, 5) is 34.8. The van der Waals surface area contributed by atoms with Crippen molar-refractivity contribution in [3.63, 3.8) is 0 Å². The van der Waals surface area contributed by atoms with Gasteiger partial charge in [0.15, 0.2) is 0 Å². The van der Waals surface area contributed by atoms with Crippen LogP contribution in [0.3, 0.4) is 0 Å². The van der Waals surface area contributed by atoms with Gasteiger partial charge in [-0.3, -0.25) is 14.7 Å². The lowest BCUT2D eigenvalue weighted by molar-refractivity contribution is 0.363. The second kappa shape index (κ2) is 3.92. The average Bonchev–Trinajstić information content (AvgIpc) is 2.15. The minimum Gasteiger partial charge on any atom is -0.289 e. The number of rotatable bonds is 1. The van der Waals surface area contributed by atoms with Crippen LogP contribution < -0.4 is 0 Å². The molecule has 0 radical (unpaired) electrons. The van der Waals surface area contributed by atoms with E-state index in [9.17, 15) is 0 Å². The van der Waals surface area contributed by atoms with Gasteiger partial charge in [-0.25, -0.2) is 4.98 Å². The lowest BCUT2D eigenvalue weighted by atomic mass is 10.3. The predicted molar refractivity (Wildman–Crippen MR) is 58.7 cm³/mol. The van der Waals surface area contributed by atoms with Crippen LogP contribution in [0.25, 0.3) is 11.0 Å². The molecule has 0 spiro atoms. The fraction of sp³-hybridized carbons (Fsp3) is 0. The highest BCUT2D eigenvalue weighted by Crippen LogP contribution is 2.33. The van der Waals surface area contributed by atoms with E-state index in [1.807, 2.05) is 12.1 Å². The van der Waals surface area contributed by atoms with Crippen molar-refractivity contribution in [3.05, 3.63) is 30.5 Å². The Morgan fingerprint density at radius 1 is 1.07 bits per heavy atom. The molecular formula is C8H8N2O3PS+. The van der Waals surface area contributed by atoms with E-state index < -0.39 is 6.72 Å². The first-order valence-electron chi connectivity index (χ1n) is 4.03. The highest BCUT2D eigenvalue weighted by Gasteiger charge is 2.22. The molecule has 7 heteroatoms. The van der Waals surface area contributed by atoms with E-state index in [1.165, 1.54) is 6.20 Å². The van der Waals surface area contributed by atoms with Crippen molar-refractivity contribution in [1.82, 2.24) is 9.97 Å². The van der Waals surface area contributed by atoms with Gasteiger partial charge >= 0.3 is 22.7 Å². The first-order chi connectivity index (χ1) is 7.04. The first-order valence-corrected chi connectivity index (χ1v) is 7.10. The SMILES string of the molecule is OP(O)(O)=[S+]c1cnc2ccccc2n1. The number of fused-ring (bicyclic) bond motifs is 1. The molecule has 0 aliphatic carbocycles. The fourth-order valence-corrected chi connectivity index (χ4v) is 2.62. The normalized spacial score (nSPS) is 11.7. The minimum atomic E-state index is -3.90. The number of aromatic nitrogens is 2. The summed E-state index contributed by atoms with van der Waals surface area (Å²) in [7, 11) is 0.520. The third-order valence-electron chi connectivity index (χ3n) is 1.64. The molecule has 0 unspecified atom stereocenters. The Morgan fingerprint density at radius 3 is 2.40 bits per heavy atom. The van der Waals surface area contributed by atoms with E-state index >= 15 is 0 Å². The number of hydrogen-bond acceptors (Lipinski definition) is 2. The lowest BCUT2D eigenvalue weighted by Crippen LogP contribution is -1.89. The van der Waals surface area contributed by atoms with Crippen molar-refractivity contribution in [2.24, 2.45) is 0 Å². The molecule has 0 amide bonds. The Bertz CT molecular complexity index is 546. The summed E-state index contributed by atoms with van der Waals surface area (Å²) >= 11 is 0. The van der Waals surface area contributed by atoms with Crippen LogP contribution in [0.5, 0.6) is 0 Å². The van der Waals surface area contributed by atoms with E-state index in [0.717, 1.165) is 5.52 Å². The number of nitrogens with zero attached hydrogens (tertiary/aromatic N) is 2. The Kier molecular flexibility index (Phi) is 2.77. The smallest absolute Gasteiger partial charge is 0.289 e. The molecule has 1 heterocycles. The van der Waals surface area contributed by atoms with Gasteiger partial charge in [0, 0.05) is 0 Å². The summed E-state index contributed by atoms with van der Waals surface area (Å²) in [5.74, 6) is 0. The third kappa shape index (κ3) is 2.77. The first kappa shape index (κ1) is 10.6. The highest BCUT2D eigenvalue weighted by atomic mass is 32.5. The van der Waals surface area contributed by atoms with Crippen LogP contribution in [0.2, 0.25) is 0 Å². The summed E-state index contributed by atoms with van der Waals surface area (Å²) in [6.07, 6.45) is 1.39. The maximum atomic E-state index is 8.86. The second-order valence-corrected chi connectivity index (χ2v) is 6.45. The van der Waals surface area contributed by atoms with Crippen molar-refractivity contribution in [2.75, 3.05) is 0 Å². The van der Waals surface area contributed by atoms with Crippen LogP contribution in [0.1, 0.15) is 0 Å². The zero-order chi connectivity index (χ0) is 10.9. The van der Waals surface area contributed by atoms with Gasteiger partial charge in [-0.15, -0.1) is 0 Å². The van der Waals surface area contributed by atoms with E-state index in [1.54, 1.807) is 12.1 Å². The van der Waals surface area contributed by atoms with Crippen molar-refractivity contribution < 1.29 is 14.7 Å². The highest BCUT2D eigenvalue weighted by molar-refractivity contribution is 8.16. The maximum Gasteiger partial charge on any atom is 0.523 e. The van der Waals surface area contributed by atoms with Gasteiger partial charge in [-0.2, -0.15) is 4.98 Å². The van der Waals surface area contributed by atoms with Crippen LogP contribution >= 0.6 is 6.72 Å². The van der Waals surface area contributed by atoms with Gasteiger partial charge in [-0.1, -0.05) is 12.1 Å². The minimum absolute atomic E-state index is 0.287. The van der Waals surface area contributed by atoms with Gasteiger partial charge in [0.1, 0.15) is 6.20 Å². The molecule has 0 atom stereocenters. The van der Waals surface area contributed by atoms with Crippen molar-refractivity contribution >= 4 is 28.7 Å². The fourth-order valence-electron chi connectivity index (χ4n) is 1.11. The molecule has 3 N–H and O–H groups in total. The summed E-state index contributed by atoms with van der Waals surface area (Å²) in [6.45, 7) is -3.90. The molecule has 1 aromatic heterocycles. The van der Waals surface area contributed by atoms with Gasteiger partial charge < -0.3 is 0 Å². The Balaban J connectivity index is 2.57. The molecule has 2 rings (SSSR count). The van der Waals surface area contributed by atoms with E-state index in [0.29, 0.717) is 16.5 Å². The van der Waals surface area contributed by atoms with E-state index in [-0.39, 0.29) is 5.03 Å². The molecule has 0 saturated heterocycles. The van der Waals surface area contributed by atoms with Crippen LogP contribution in [0.15, 0.2) is 35.5 Å². The molecule has 0 aliphatic heterocycles. The zero-order valence-corrected chi connectivity index (χ0v) is 9.19. The average molecular weight is 243 g/mol.